The number of halogens is 9. The summed E-state index contributed by atoms with van der Waals surface area (Å²) in [5.74, 6) is -19.4. The largest absolute Gasteiger partial charge is 0.493 e. The Bertz CT molecular complexity index is 627. The van der Waals surface area contributed by atoms with Crippen molar-refractivity contribution in [2.45, 2.75) is 50.3 Å². The first kappa shape index (κ1) is 23.4. The summed E-state index contributed by atoms with van der Waals surface area (Å²) in [4.78, 5) is 0. The van der Waals surface area contributed by atoms with Gasteiger partial charge in [-0.15, -0.1) is 0 Å². The molecule has 0 aromatic heterocycles. The van der Waals surface area contributed by atoms with Crippen molar-refractivity contribution in [1.82, 2.24) is 0 Å². The molecule has 0 spiro atoms. The predicted octanol–water partition coefficient (Wildman–Crippen LogP) is 5.61. The quantitative estimate of drug-likeness (QED) is 0.563. The van der Waals surface area contributed by atoms with E-state index in [-0.39, 0.29) is 18.3 Å². The number of aliphatic hydroxyl groups is 1. The molecule has 0 fully saturated rings. The zero-order valence-corrected chi connectivity index (χ0v) is 14.1. The lowest BCUT2D eigenvalue weighted by Crippen LogP contribution is -2.61. The third kappa shape index (κ3) is 4.99. The van der Waals surface area contributed by atoms with Gasteiger partial charge in [0, 0.05) is 6.42 Å². The molecule has 27 heavy (non-hydrogen) atoms. The number of rotatable bonds is 8. The van der Waals surface area contributed by atoms with E-state index in [4.69, 9.17) is 4.74 Å². The maximum Gasteiger partial charge on any atom is 0.460 e. The molecule has 1 atom stereocenters. The number of aliphatic hydroxyl groups excluding tert-OH is 1. The molecular weight excluding hydrogens is 395 g/mol. The highest BCUT2D eigenvalue weighted by atomic mass is 19.4. The topological polar surface area (TPSA) is 29.5 Å². The first-order chi connectivity index (χ1) is 12.0. The molecule has 11 heteroatoms. The second-order valence-corrected chi connectivity index (χ2v) is 6.35. The van der Waals surface area contributed by atoms with Crippen LogP contribution in [0.15, 0.2) is 24.3 Å². The van der Waals surface area contributed by atoms with Gasteiger partial charge in [-0.3, -0.25) is 0 Å². The summed E-state index contributed by atoms with van der Waals surface area (Å²) in [6.07, 6.45) is -11.7. The van der Waals surface area contributed by atoms with Crippen molar-refractivity contribution in [2.75, 3.05) is 6.61 Å². The molecule has 1 unspecified atom stereocenters. The van der Waals surface area contributed by atoms with Crippen LogP contribution >= 0.6 is 0 Å². The van der Waals surface area contributed by atoms with E-state index in [1.807, 2.05) is 0 Å². The molecular formula is C16H17F9O2. The number of hydrogen-bond donors (Lipinski definition) is 1. The van der Waals surface area contributed by atoms with E-state index >= 15 is 0 Å². The highest BCUT2D eigenvalue weighted by Crippen LogP contribution is 2.55. The van der Waals surface area contributed by atoms with Gasteiger partial charge in [-0.2, -0.15) is 39.5 Å². The van der Waals surface area contributed by atoms with E-state index in [9.17, 15) is 44.6 Å². The Kier molecular flexibility index (Phi) is 6.73. The minimum absolute atomic E-state index is 0.0752. The SMILES string of the molecule is CC(C)COc1cccc(C(O)CC(F)(F)C(F)(F)C(F)(F)C(F)(F)F)c1. The van der Waals surface area contributed by atoms with Crippen LogP contribution in [0.3, 0.4) is 0 Å². The molecule has 0 aliphatic carbocycles. The molecule has 0 aliphatic rings. The summed E-state index contributed by atoms with van der Waals surface area (Å²) >= 11 is 0. The monoisotopic (exact) mass is 412 g/mol. The number of alkyl halides is 9. The van der Waals surface area contributed by atoms with Crippen molar-refractivity contribution in [3.05, 3.63) is 29.8 Å². The van der Waals surface area contributed by atoms with Crippen molar-refractivity contribution in [3.8, 4) is 5.75 Å². The molecule has 0 heterocycles. The van der Waals surface area contributed by atoms with Crippen molar-refractivity contribution in [2.24, 2.45) is 5.92 Å². The molecule has 1 aromatic rings. The van der Waals surface area contributed by atoms with E-state index in [1.54, 1.807) is 13.8 Å². The van der Waals surface area contributed by atoms with Gasteiger partial charge in [0.2, 0.25) is 0 Å². The molecule has 0 amide bonds. The maximum absolute atomic E-state index is 13.6. The molecule has 0 radical (unpaired) electrons. The minimum atomic E-state index is -6.98. The van der Waals surface area contributed by atoms with Crippen LogP contribution in [-0.2, 0) is 0 Å². The van der Waals surface area contributed by atoms with Gasteiger partial charge < -0.3 is 9.84 Å². The van der Waals surface area contributed by atoms with E-state index in [0.717, 1.165) is 12.1 Å². The Morgan fingerprint density at radius 2 is 1.48 bits per heavy atom. The lowest BCUT2D eigenvalue weighted by molar-refractivity contribution is -0.398. The third-order valence-corrected chi connectivity index (χ3v) is 3.49. The molecule has 1 N–H and O–H groups in total. The number of hydrogen-bond acceptors (Lipinski definition) is 2. The minimum Gasteiger partial charge on any atom is -0.493 e. The summed E-state index contributed by atoms with van der Waals surface area (Å²) in [5.41, 5.74) is -0.401. The van der Waals surface area contributed by atoms with Crippen LogP contribution in [0.1, 0.15) is 31.9 Å². The van der Waals surface area contributed by atoms with Gasteiger partial charge in [0.1, 0.15) is 5.75 Å². The second kappa shape index (κ2) is 7.76. The Balaban J connectivity index is 3.03. The normalized spacial score (nSPS) is 15.1. The van der Waals surface area contributed by atoms with Gasteiger partial charge in [-0.25, -0.2) is 0 Å². The fourth-order valence-electron chi connectivity index (χ4n) is 1.97. The second-order valence-electron chi connectivity index (χ2n) is 6.35. The first-order valence-corrected chi connectivity index (χ1v) is 7.64. The van der Waals surface area contributed by atoms with Crippen molar-refractivity contribution < 1.29 is 49.4 Å². The fraction of sp³-hybridized carbons (Fsp3) is 0.625. The lowest BCUT2D eigenvalue weighted by atomic mass is 9.95. The van der Waals surface area contributed by atoms with Crippen LogP contribution in [0.2, 0.25) is 0 Å². The average molecular weight is 412 g/mol. The van der Waals surface area contributed by atoms with Gasteiger partial charge in [-0.05, 0) is 23.6 Å². The first-order valence-electron chi connectivity index (χ1n) is 7.64. The standard InChI is InChI=1S/C16H17F9O2/c1-9(2)8-27-11-5-3-4-10(6-11)12(26)7-13(17,18)14(19,20)15(21,22)16(23,24)25/h3-6,9,12,26H,7-8H2,1-2H3. The van der Waals surface area contributed by atoms with Crippen LogP contribution in [0.4, 0.5) is 39.5 Å². The summed E-state index contributed by atoms with van der Waals surface area (Å²) in [6.45, 7) is 3.79. The average Bonchev–Trinajstić information content (AvgIpc) is 2.51. The number of benzene rings is 1. The van der Waals surface area contributed by atoms with Crippen LogP contribution in [-0.4, -0.2) is 35.7 Å². The zero-order valence-electron chi connectivity index (χ0n) is 14.1. The third-order valence-electron chi connectivity index (χ3n) is 3.49. The molecule has 156 valence electrons. The molecule has 1 aromatic carbocycles. The molecule has 2 nitrogen and oxygen atoms in total. The Hall–Kier alpha value is -1.65. The molecule has 0 bridgehead atoms. The van der Waals surface area contributed by atoms with E-state index in [0.29, 0.717) is 0 Å². The van der Waals surface area contributed by atoms with Gasteiger partial charge in [0.05, 0.1) is 12.7 Å². The highest BCUT2D eigenvalue weighted by Gasteiger charge is 2.81. The highest BCUT2D eigenvalue weighted by molar-refractivity contribution is 5.30. The summed E-state index contributed by atoms with van der Waals surface area (Å²) < 4.78 is 121. The lowest BCUT2D eigenvalue weighted by Gasteiger charge is -2.34. The van der Waals surface area contributed by atoms with Crippen molar-refractivity contribution in [1.29, 1.82) is 0 Å². The molecule has 1 rings (SSSR count). The van der Waals surface area contributed by atoms with Crippen LogP contribution in [0, 0.1) is 5.92 Å². The summed E-state index contributed by atoms with van der Waals surface area (Å²) in [7, 11) is 0. The summed E-state index contributed by atoms with van der Waals surface area (Å²) in [6, 6.07) is 4.60. The molecule has 0 aliphatic heterocycles. The van der Waals surface area contributed by atoms with Gasteiger partial charge >= 0.3 is 23.9 Å². The Labute approximate surface area is 148 Å². The maximum atomic E-state index is 13.6. The molecule has 0 saturated heterocycles. The Morgan fingerprint density at radius 3 is 1.96 bits per heavy atom. The summed E-state index contributed by atoms with van der Waals surface area (Å²) in [5, 5.41) is 9.69. The van der Waals surface area contributed by atoms with Crippen LogP contribution in [0.5, 0.6) is 5.75 Å². The van der Waals surface area contributed by atoms with E-state index in [1.165, 1.54) is 12.1 Å². The van der Waals surface area contributed by atoms with E-state index < -0.39 is 42.0 Å². The van der Waals surface area contributed by atoms with E-state index in [2.05, 4.69) is 0 Å². The van der Waals surface area contributed by atoms with Crippen LogP contribution in [0.25, 0.3) is 0 Å². The van der Waals surface area contributed by atoms with Crippen molar-refractivity contribution >= 4 is 0 Å². The van der Waals surface area contributed by atoms with Crippen LogP contribution < -0.4 is 4.74 Å². The Morgan fingerprint density at radius 1 is 0.926 bits per heavy atom. The van der Waals surface area contributed by atoms with Crippen molar-refractivity contribution in [3.63, 3.8) is 0 Å². The van der Waals surface area contributed by atoms with Gasteiger partial charge in [-0.1, -0.05) is 26.0 Å². The van der Waals surface area contributed by atoms with Gasteiger partial charge in [0.15, 0.2) is 0 Å². The van der Waals surface area contributed by atoms with Gasteiger partial charge in [0.25, 0.3) is 0 Å². The molecule has 0 saturated carbocycles. The zero-order chi connectivity index (χ0) is 21.3. The number of ether oxygens (including phenoxy) is 1. The predicted molar refractivity (Wildman–Crippen MR) is 77.2 cm³/mol. The fourth-order valence-corrected chi connectivity index (χ4v) is 1.97. The smallest absolute Gasteiger partial charge is 0.460 e.